The van der Waals surface area contributed by atoms with Crippen LogP contribution >= 0.6 is 11.6 Å². The van der Waals surface area contributed by atoms with Gasteiger partial charge in [-0.2, -0.15) is 0 Å². The molecule has 3 rings (SSSR count). The van der Waals surface area contributed by atoms with Crippen LogP contribution in [0.4, 0.5) is 5.69 Å². The number of fused-ring (bicyclic) bond motifs is 4. The fourth-order valence-electron chi connectivity index (χ4n) is 3.14. The highest BCUT2D eigenvalue weighted by Gasteiger charge is 2.45. The lowest BCUT2D eigenvalue weighted by molar-refractivity contribution is -0.185. The van der Waals surface area contributed by atoms with Gasteiger partial charge in [0.05, 0.1) is 22.9 Å². The van der Waals surface area contributed by atoms with Gasteiger partial charge in [0.25, 0.3) is 0 Å². The summed E-state index contributed by atoms with van der Waals surface area (Å²) in [4.78, 5) is 22.5. The summed E-state index contributed by atoms with van der Waals surface area (Å²) in [5.41, 5.74) is 1.77. The predicted octanol–water partition coefficient (Wildman–Crippen LogP) is 2.46. The first-order chi connectivity index (χ1) is 11.0. The van der Waals surface area contributed by atoms with Crippen LogP contribution in [-0.4, -0.2) is 36.8 Å². The molecule has 0 spiro atoms. The Balaban J connectivity index is 1.88. The average Bonchev–Trinajstić information content (AvgIpc) is 2.49. The molecule has 7 heteroatoms. The molecule has 124 valence electrons. The Morgan fingerprint density at radius 3 is 2.83 bits per heavy atom. The summed E-state index contributed by atoms with van der Waals surface area (Å²) in [7, 11) is 0. The second-order valence-electron chi connectivity index (χ2n) is 5.73. The van der Waals surface area contributed by atoms with E-state index in [9.17, 15) is 9.59 Å². The summed E-state index contributed by atoms with van der Waals surface area (Å²) >= 11 is 6.25. The van der Waals surface area contributed by atoms with Gasteiger partial charge in [-0.05, 0) is 6.07 Å². The van der Waals surface area contributed by atoms with Gasteiger partial charge < -0.3 is 19.5 Å². The molecule has 2 bridgehead atoms. The number of esters is 2. The third-order valence-electron chi connectivity index (χ3n) is 4.05. The second kappa shape index (κ2) is 6.37. The Morgan fingerprint density at radius 1 is 1.35 bits per heavy atom. The maximum absolute atomic E-state index is 11.4. The maximum atomic E-state index is 11.4. The third kappa shape index (κ3) is 3.28. The van der Waals surface area contributed by atoms with Crippen molar-refractivity contribution in [2.45, 2.75) is 44.6 Å². The van der Waals surface area contributed by atoms with Gasteiger partial charge >= 0.3 is 11.9 Å². The molecule has 6 nitrogen and oxygen atoms in total. The minimum Gasteiger partial charge on any atom is -0.463 e. The molecule has 1 saturated heterocycles. The molecular weight excluding hydrogens is 322 g/mol. The van der Waals surface area contributed by atoms with E-state index >= 15 is 0 Å². The first kappa shape index (κ1) is 16.1. The van der Waals surface area contributed by atoms with Gasteiger partial charge in [0.2, 0.25) is 0 Å². The molecule has 4 atom stereocenters. The SMILES string of the molecule is CC(=O)OC[C@H]1O[C@H]2C[C@H](Nc3c(Cl)cccc32)[C@@H]1OC(C)=O. The van der Waals surface area contributed by atoms with Crippen LogP contribution in [0.5, 0.6) is 0 Å². The zero-order valence-electron chi connectivity index (χ0n) is 12.9. The van der Waals surface area contributed by atoms with Crippen molar-refractivity contribution in [3.63, 3.8) is 0 Å². The maximum Gasteiger partial charge on any atom is 0.303 e. The van der Waals surface area contributed by atoms with E-state index in [1.54, 1.807) is 6.07 Å². The van der Waals surface area contributed by atoms with E-state index < -0.39 is 24.1 Å². The summed E-state index contributed by atoms with van der Waals surface area (Å²) in [5, 5.41) is 3.94. The number of hydrogen-bond donors (Lipinski definition) is 1. The van der Waals surface area contributed by atoms with Crippen LogP contribution in [0.25, 0.3) is 0 Å². The second-order valence-corrected chi connectivity index (χ2v) is 6.14. The zero-order valence-corrected chi connectivity index (χ0v) is 13.6. The van der Waals surface area contributed by atoms with Gasteiger partial charge in [0.15, 0.2) is 6.10 Å². The fourth-order valence-corrected chi connectivity index (χ4v) is 3.38. The largest absolute Gasteiger partial charge is 0.463 e. The standard InChI is InChI=1S/C16H18ClNO5/c1-8(19)21-7-14-16(22-9(2)20)12-6-13(23-14)10-4-3-5-11(17)15(10)18-12/h3-5,12-14,16,18H,6-7H2,1-2H3/t12-,13-,14+,16-/m0/s1. The molecule has 0 saturated carbocycles. The van der Waals surface area contributed by atoms with Crippen molar-refractivity contribution in [2.75, 3.05) is 11.9 Å². The smallest absolute Gasteiger partial charge is 0.303 e. The molecule has 0 unspecified atom stereocenters. The van der Waals surface area contributed by atoms with E-state index in [2.05, 4.69) is 5.32 Å². The van der Waals surface area contributed by atoms with Crippen LogP contribution in [0.15, 0.2) is 18.2 Å². The number of nitrogens with one attached hydrogen (secondary N) is 1. The lowest BCUT2D eigenvalue weighted by atomic mass is 9.87. The lowest BCUT2D eigenvalue weighted by Crippen LogP contribution is -2.55. The van der Waals surface area contributed by atoms with E-state index in [0.29, 0.717) is 11.4 Å². The molecule has 1 fully saturated rings. The van der Waals surface area contributed by atoms with Crippen LogP contribution in [0, 0.1) is 0 Å². The molecule has 1 aromatic rings. The van der Waals surface area contributed by atoms with Crippen molar-refractivity contribution >= 4 is 29.2 Å². The van der Waals surface area contributed by atoms with E-state index in [-0.39, 0.29) is 18.8 Å². The van der Waals surface area contributed by atoms with Gasteiger partial charge in [-0.1, -0.05) is 23.7 Å². The molecule has 2 aliphatic heterocycles. The Labute approximate surface area is 139 Å². The zero-order chi connectivity index (χ0) is 16.6. The van der Waals surface area contributed by atoms with Crippen molar-refractivity contribution in [1.29, 1.82) is 0 Å². The van der Waals surface area contributed by atoms with Gasteiger partial charge in [0, 0.05) is 25.8 Å². The summed E-state index contributed by atoms with van der Waals surface area (Å²) < 4.78 is 16.5. The molecule has 0 radical (unpaired) electrons. The number of benzene rings is 1. The monoisotopic (exact) mass is 339 g/mol. The van der Waals surface area contributed by atoms with Crippen LogP contribution in [0.1, 0.15) is 31.9 Å². The quantitative estimate of drug-likeness (QED) is 0.853. The lowest BCUT2D eigenvalue weighted by Gasteiger charge is -2.45. The summed E-state index contributed by atoms with van der Waals surface area (Å²) in [6.45, 7) is 2.72. The van der Waals surface area contributed by atoms with Crippen molar-refractivity contribution in [3.8, 4) is 0 Å². The van der Waals surface area contributed by atoms with Crippen molar-refractivity contribution in [1.82, 2.24) is 0 Å². The highest BCUT2D eigenvalue weighted by atomic mass is 35.5. The topological polar surface area (TPSA) is 73.9 Å². The molecule has 2 aliphatic rings. The molecule has 0 aromatic heterocycles. The Bertz CT molecular complexity index is 635. The number of halogens is 1. The number of ether oxygens (including phenoxy) is 3. The normalized spacial score (nSPS) is 28.3. The summed E-state index contributed by atoms with van der Waals surface area (Å²) in [5.74, 6) is -0.807. The minimum atomic E-state index is -0.549. The molecule has 2 heterocycles. The van der Waals surface area contributed by atoms with Gasteiger partial charge in [-0.3, -0.25) is 9.59 Å². The van der Waals surface area contributed by atoms with Crippen molar-refractivity contribution < 1.29 is 23.8 Å². The number of carbonyl (C=O) groups excluding carboxylic acids is 2. The van der Waals surface area contributed by atoms with Crippen LogP contribution < -0.4 is 5.32 Å². The number of rotatable bonds is 3. The highest BCUT2D eigenvalue weighted by Crippen LogP contribution is 2.44. The molecule has 0 aliphatic carbocycles. The molecule has 1 aromatic carbocycles. The van der Waals surface area contributed by atoms with Crippen molar-refractivity contribution in [2.24, 2.45) is 0 Å². The summed E-state index contributed by atoms with van der Waals surface area (Å²) in [6, 6.07) is 5.47. The highest BCUT2D eigenvalue weighted by molar-refractivity contribution is 6.33. The van der Waals surface area contributed by atoms with E-state index in [4.69, 9.17) is 25.8 Å². The number of carbonyl (C=O) groups is 2. The van der Waals surface area contributed by atoms with Crippen molar-refractivity contribution in [3.05, 3.63) is 28.8 Å². The van der Waals surface area contributed by atoms with E-state index in [1.165, 1.54) is 13.8 Å². The first-order valence-corrected chi connectivity index (χ1v) is 7.84. The first-order valence-electron chi connectivity index (χ1n) is 7.46. The van der Waals surface area contributed by atoms with E-state index in [1.807, 2.05) is 12.1 Å². The van der Waals surface area contributed by atoms with Gasteiger partial charge in [-0.15, -0.1) is 0 Å². The molecule has 0 amide bonds. The minimum absolute atomic E-state index is 0.0395. The average molecular weight is 340 g/mol. The van der Waals surface area contributed by atoms with E-state index in [0.717, 1.165) is 11.3 Å². The molecule has 23 heavy (non-hydrogen) atoms. The number of para-hydroxylation sites is 1. The molecule has 1 N–H and O–H groups in total. The van der Waals surface area contributed by atoms with Gasteiger partial charge in [0.1, 0.15) is 12.7 Å². The third-order valence-corrected chi connectivity index (χ3v) is 4.36. The Morgan fingerprint density at radius 2 is 2.13 bits per heavy atom. The fraction of sp³-hybridized carbons (Fsp3) is 0.500. The summed E-state index contributed by atoms with van der Waals surface area (Å²) in [6.07, 6.45) is -0.594. The van der Waals surface area contributed by atoms with Crippen LogP contribution in [0.2, 0.25) is 5.02 Å². The van der Waals surface area contributed by atoms with Crippen LogP contribution in [-0.2, 0) is 23.8 Å². The molecular formula is C16H18ClNO5. The Hall–Kier alpha value is -1.79. The van der Waals surface area contributed by atoms with Gasteiger partial charge in [-0.25, -0.2) is 0 Å². The van der Waals surface area contributed by atoms with Crippen LogP contribution in [0.3, 0.4) is 0 Å². The Kier molecular flexibility index (Phi) is 4.46. The predicted molar refractivity (Wildman–Crippen MR) is 83.3 cm³/mol. The number of hydrogen-bond acceptors (Lipinski definition) is 6. The number of anilines is 1.